The fraction of sp³-hybridized carbons (Fsp3) is 0.647. The van der Waals surface area contributed by atoms with Crippen molar-refractivity contribution in [2.75, 3.05) is 19.8 Å². The van der Waals surface area contributed by atoms with Gasteiger partial charge in [0.25, 0.3) is 0 Å². The largest absolute Gasteiger partial charge is 0.508 e. The first kappa shape index (κ1) is 21.2. The molecular weight excluding hydrogens is 380 g/mol. The number of phenolic OH excluding ortho intramolecular Hbond substituents is 1. The van der Waals surface area contributed by atoms with Crippen LogP contribution in [0.3, 0.4) is 0 Å². The maximum Gasteiger partial charge on any atom is 0.229 e. The zero-order chi connectivity index (χ0) is 20.5. The van der Waals surface area contributed by atoms with E-state index >= 15 is 0 Å². The second-order valence-corrected chi connectivity index (χ2v) is 6.81. The molecule has 0 amide bonds. The summed E-state index contributed by atoms with van der Waals surface area (Å²) in [6, 6.07) is 5.56. The summed E-state index contributed by atoms with van der Waals surface area (Å²) in [7, 11) is 0. The molecule has 0 saturated carbocycles. The van der Waals surface area contributed by atoms with E-state index in [-0.39, 0.29) is 11.5 Å². The van der Waals surface area contributed by atoms with Crippen LogP contribution >= 0.6 is 0 Å². The lowest BCUT2D eigenvalue weighted by Crippen LogP contribution is -2.62. The molecule has 8 atom stereocenters. The minimum atomic E-state index is -1.94. The minimum Gasteiger partial charge on any atom is -0.508 e. The van der Waals surface area contributed by atoms with Crippen molar-refractivity contribution in [3.8, 4) is 11.5 Å². The van der Waals surface area contributed by atoms with Crippen molar-refractivity contribution >= 4 is 0 Å². The second kappa shape index (κ2) is 8.45. The molecule has 7 N–H and O–H groups in total. The predicted octanol–water partition coefficient (Wildman–Crippen LogP) is -2.96. The fourth-order valence-electron chi connectivity index (χ4n) is 3.02. The van der Waals surface area contributed by atoms with E-state index in [1.165, 1.54) is 24.3 Å². The van der Waals surface area contributed by atoms with Crippen LogP contribution in [0.4, 0.5) is 0 Å². The van der Waals surface area contributed by atoms with Crippen molar-refractivity contribution in [1.82, 2.24) is 0 Å². The zero-order valence-corrected chi connectivity index (χ0v) is 14.7. The van der Waals surface area contributed by atoms with E-state index in [4.69, 9.17) is 18.9 Å². The van der Waals surface area contributed by atoms with E-state index < -0.39 is 68.5 Å². The average Bonchev–Trinajstić information content (AvgIpc) is 2.98. The number of benzene rings is 1. The molecule has 2 heterocycles. The first-order valence-corrected chi connectivity index (χ1v) is 8.65. The number of hydrogen-bond acceptors (Lipinski definition) is 11. The number of hydrogen-bond donors (Lipinski definition) is 7. The first-order chi connectivity index (χ1) is 13.3. The predicted molar refractivity (Wildman–Crippen MR) is 89.2 cm³/mol. The highest BCUT2D eigenvalue weighted by atomic mass is 16.8. The van der Waals surface area contributed by atoms with E-state index in [0.717, 1.165) is 0 Å². The van der Waals surface area contributed by atoms with Crippen molar-refractivity contribution in [2.24, 2.45) is 0 Å². The Bertz CT molecular complexity index is 640. The maximum absolute atomic E-state index is 10.4. The van der Waals surface area contributed by atoms with E-state index in [1.807, 2.05) is 0 Å². The lowest BCUT2D eigenvalue weighted by atomic mass is 9.98. The molecule has 0 unspecified atom stereocenters. The SMILES string of the molecule is OC[C@H]1O[C@@H](Oc2ccc(O)cc2)[C@H](O[C@@H]2OC[C@](O)(CO)[C@H]2O)[C@@H](O)[C@@H]1O. The van der Waals surface area contributed by atoms with Gasteiger partial charge < -0.3 is 54.7 Å². The number of ether oxygens (including phenoxy) is 4. The Morgan fingerprint density at radius 1 is 1.04 bits per heavy atom. The van der Waals surface area contributed by atoms with Gasteiger partial charge in [0.05, 0.1) is 19.8 Å². The molecule has 0 radical (unpaired) electrons. The molecule has 1 aromatic rings. The Hall–Kier alpha value is -1.54. The molecule has 2 fully saturated rings. The molecular formula is C17H24O11. The molecule has 0 spiro atoms. The van der Waals surface area contributed by atoms with Crippen LogP contribution in [0.5, 0.6) is 11.5 Å². The molecule has 2 aliphatic rings. The van der Waals surface area contributed by atoms with Gasteiger partial charge in [-0.15, -0.1) is 0 Å². The van der Waals surface area contributed by atoms with Crippen LogP contribution in [0.2, 0.25) is 0 Å². The van der Waals surface area contributed by atoms with Crippen LogP contribution < -0.4 is 4.74 Å². The van der Waals surface area contributed by atoms with Gasteiger partial charge in [0, 0.05) is 0 Å². The maximum atomic E-state index is 10.4. The first-order valence-electron chi connectivity index (χ1n) is 8.65. The van der Waals surface area contributed by atoms with Gasteiger partial charge in [-0.05, 0) is 24.3 Å². The normalized spacial score (nSPS) is 41.1. The Balaban J connectivity index is 1.78. The summed E-state index contributed by atoms with van der Waals surface area (Å²) in [6.07, 6.45) is -10.1. The van der Waals surface area contributed by atoms with Crippen LogP contribution in [0.1, 0.15) is 0 Å². The third-order valence-electron chi connectivity index (χ3n) is 4.78. The second-order valence-electron chi connectivity index (χ2n) is 6.81. The third kappa shape index (κ3) is 4.08. The Labute approximate surface area is 159 Å². The van der Waals surface area contributed by atoms with Gasteiger partial charge in [0.15, 0.2) is 12.4 Å². The lowest BCUT2D eigenvalue weighted by molar-refractivity contribution is -0.318. The molecule has 0 aliphatic carbocycles. The summed E-state index contributed by atoms with van der Waals surface area (Å²) in [4.78, 5) is 0. The smallest absolute Gasteiger partial charge is 0.229 e. The minimum absolute atomic E-state index is 0.000767. The van der Waals surface area contributed by atoms with Crippen molar-refractivity contribution < 1.29 is 54.7 Å². The number of rotatable bonds is 6. The quantitative estimate of drug-likeness (QED) is 0.257. The Morgan fingerprint density at radius 3 is 2.29 bits per heavy atom. The summed E-state index contributed by atoms with van der Waals surface area (Å²) in [5, 5.41) is 68.7. The van der Waals surface area contributed by atoms with Gasteiger partial charge in [-0.25, -0.2) is 0 Å². The van der Waals surface area contributed by atoms with Gasteiger partial charge in [-0.2, -0.15) is 0 Å². The van der Waals surface area contributed by atoms with Gasteiger partial charge in [-0.1, -0.05) is 0 Å². The van der Waals surface area contributed by atoms with Crippen molar-refractivity contribution in [3.63, 3.8) is 0 Å². The summed E-state index contributed by atoms with van der Waals surface area (Å²) >= 11 is 0. The average molecular weight is 404 g/mol. The number of aliphatic hydroxyl groups is 6. The highest BCUT2D eigenvalue weighted by Crippen LogP contribution is 2.32. The monoisotopic (exact) mass is 404 g/mol. The number of aliphatic hydroxyl groups excluding tert-OH is 5. The van der Waals surface area contributed by atoms with Crippen LogP contribution in [-0.4, -0.2) is 104 Å². The van der Waals surface area contributed by atoms with Gasteiger partial charge in [0.2, 0.25) is 6.29 Å². The molecule has 11 nitrogen and oxygen atoms in total. The summed E-state index contributed by atoms with van der Waals surface area (Å²) in [5.74, 6) is 0.232. The van der Waals surface area contributed by atoms with Gasteiger partial charge in [-0.3, -0.25) is 0 Å². The molecule has 0 aromatic heterocycles. The summed E-state index contributed by atoms with van der Waals surface area (Å²) in [5.41, 5.74) is -1.94. The highest BCUT2D eigenvalue weighted by molar-refractivity contribution is 5.30. The van der Waals surface area contributed by atoms with E-state index in [0.29, 0.717) is 0 Å². The summed E-state index contributed by atoms with van der Waals surface area (Å²) < 4.78 is 21.7. The molecule has 2 aliphatic heterocycles. The van der Waals surface area contributed by atoms with Crippen LogP contribution in [0.25, 0.3) is 0 Å². The molecule has 3 rings (SSSR count). The third-order valence-corrected chi connectivity index (χ3v) is 4.78. The van der Waals surface area contributed by atoms with E-state index in [2.05, 4.69) is 0 Å². The molecule has 1 aromatic carbocycles. The standard InChI is InChI=1S/C17H24O11/c18-5-10-11(21)12(22)13(28-16-14(23)17(24,6-19)7-25-16)15(27-10)26-9-3-1-8(20)2-4-9/h1-4,10-16,18-24H,5-7H2/t10-,11-,12+,13-,14+,15-,16+,17-/m1/s1. The van der Waals surface area contributed by atoms with Gasteiger partial charge in [0.1, 0.15) is 41.5 Å². The highest BCUT2D eigenvalue weighted by Gasteiger charge is 2.53. The van der Waals surface area contributed by atoms with Crippen molar-refractivity contribution in [1.29, 1.82) is 0 Å². The van der Waals surface area contributed by atoms with Crippen LogP contribution in [0.15, 0.2) is 24.3 Å². The fourth-order valence-corrected chi connectivity index (χ4v) is 3.02. The summed E-state index contributed by atoms with van der Waals surface area (Å²) in [6.45, 7) is -1.79. The number of phenols is 1. The lowest BCUT2D eigenvalue weighted by Gasteiger charge is -2.42. The van der Waals surface area contributed by atoms with Crippen LogP contribution in [-0.2, 0) is 14.2 Å². The zero-order valence-electron chi connectivity index (χ0n) is 14.7. The van der Waals surface area contributed by atoms with E-state index in [9.17, 15) is 35.7 Å². The van der Waals surface area contributed by atoms with E-state index in [1.54, 1.807) is 0 Å². The molecule has 2 saturated heterocycles. The van der Waals surface area contributed by atoms with Gasteiger partial charge >= 0.3 is 0 Å². The van der Waals surface area contributed by atoms with Crippen molar-refractivity contribution in [3.05, 3.63) is 24.3 Å². The molecule has 158 valence electrons. The molecule has 11 heteroatoms. The topological polar surface area (TPSA) is 179 Å². The Morgan fingerprint density at radius 2 is 1.71 bits per heavy atom. The molecule has 28 heavy (non-hydrogen) atoms. The number of aromatic hydroxyl groups is 1. The van der Waals surface area contributed by atoms with Crippen LogP contribution in [0, 0.1) is 0 Å². The Kier molecular flexibility index (Phi) is 6.39. The van der Waals surface area contributed by atoms with Crippen molar-refractivity contribution in [2.45, 2.75) is 48.7 Å². The molecule has 0 bridgehead atoms.